The van der Waals surface area contributed by atoms with E-state index < -0.39 is 4.33 Å². The number of nitrogens with zero attached hydrogens (tertiary/aromatic N) is 2. The topological polar surface area (TPSA) is 37.8 Å². The van der Waals surface area contributed by atoms with E-state index in [9.17, 15) is 0 Å². The van der Waals surface area contributed by atoms with Crippen LogP contribution in [-0.4, -0.2) is 20.8 Å². The second-order valence-corrected chi connectivity index (χ2v) is 4.68. The quantitative estimate of drug-likeness (QED) is 0.789. The molecule has 1 N–H and O–H groups in total. The average Bonchev–Trinajstić information content (AvgIpc) is 2.73. The van der Waals surface area contributed by atoms with Gasteiger partial charge in [-0.2, -0.15) is 0 Å². The average molecular weight is 218 g/mol. The summed E-state index contributed by atoms with van der Waals surface area (Å²) in [6.45, 7) is 0.756. The van der Waals surface area contributed by atoms with Crippen molar-refractivity contribution in [1.29, 1.82) is 0 Å². The van der Waals surface area contributed by atoms with Crippen LogP contribution in [0.4, 0.5) is 5.82 Å². The zero-order chi connectivity index (χ0) is 9.31. The lowest BCUT2D eigenvalue weighted by Gasteiger charge is -2.03. The Bertz CT molecular complexity index is 289. The molecule has 1 fully saturated rings. The Balaban J connectivity index is 1.82. The zero-order valence-corrected chi connectivity index (χ0v) is 8.39. The highest BCUT2D eigenvalue weighted by Crippen LogP contribution is 2.52. The lowest BCUT2D eigenvalue weighted by Crippen LogP contribution is -2.08. The van der Waals surface area contributed by atoms with Gasteiger partial charge in [-0.1, -0.05) is 0 Å². The molecule has 13 heavy (non-hydrogen) atoms. The van der Waals surface area contributed by atoms with Crippen LogP contribution in [0.2, 0.25) is 0 Å². The molecule has 1 aliphatic carbocycles. The first-order valence-electron chi connectivity index (χ1n) is 4.06. The standard InChI is InChI=1S/C8H9Cl2N3/c9-8(10)3-6(8)4-13-7-5-11-1-2-12-7/h1-2,5-6H,3-4H2,(H,12,13). The summed E-state index contributed by atoms with van der Waals surface area (Å²) in [4.78, 5) is 7.99. The Morgan fingerprint density at radius 2 is 2.31 bits per heavy atom. The minimum Gasteiger partial charge on any atom is -0.368 e. The molecule has 0 saturated heterocycles. The molecular weight excluding hydrogens is 209 g/mol. The van der Waals surface area contributed by atoms with Crippen LogP contribution in [0.5, 0.6) is 0 Å². The minimum atomic E-state index is -0.519. The third-order valence-corrected chi connectivity index (χ3v) is 2.97. The van der Waals surface area contributed by atoms with Gasteiger partial charge in [-0.15, -0.1) is 23.2 Å². The van der Waals surface area contributed by atoms with Crippen LogP contribution in [0, 0.1) is 5.92 Å². The van der Waals surface area contributed by atoms with Gasteiger partial charge in [-0.05, 0) is 6.42 Å². The molecule has 1 unspecified atom stereocenters. The van der Waals surface area contributed by atoms with Crippen LogP contribution in [-0.2, 0) is 0 Å². The van der Waals surface area contributed by atoms with Gasteiger partial charge in [0.05, 0.1) is 6.20 Å². The third kappa shape index (κ3) is 2.23. The molecule has 0 amide bonds. The Morgan fingerprint density at radius 1 is 1.54 bits per heavy atom. The second kappa shape index (κ2) is 3.31. The number of anilines is 1. The molecule has 1 atom stereocenters. The van der Waals surface area contributed by atoms with E-state index in [0.717, 1.165) is 18.8 Å². The first-order chi connectivity index (χ1) is 6.18. The maximum atomic E-state index is 5.86. The van der Waals surface area contributed by atoms with E-state index in [1.165, 1.54) is 0 Å². The Labute approximate surface area is 86.5 Å². The highest BCUT2D eigenvalue weighted by Gasteiger charge is 2.51. The third-order valence-electron chi connectivity index (χ3n) is 2.05. The smallest absolute Gasteiger partial charge is 0.144 e. The molecule has 1 aromatic heterocycles. The maximum Gasteiger partial charge on any atom is 0.144 e. The number of nitrogens with one attached hydrogen (secondary N) is 1. The molecule has 0 aromatic carbocycles. The van der Waals surface area contributed by atoms with Crippen LogP contribution < -0.4 is 5.32 Å². The van der Waals surface area contributed by atoms with Gasteiger partial charge in [-0.25, -0.2) is 4.98 Å². The lowest BCUT2D eigenvalue weighted by molar-refractivity contribution is 0.867. The minimum absolute atomic E-state index is 0.331. The molecule has 0 bridgehead atoms. The molecule has 5 heteroatoms. The second-order valence-electron chi connectivity index (χ2n) is 3.13. The molecular formula is C8H9Cl2N3. The van der Waals surface area contributed by atoms with Crippen molar-refractivity contribution in [3.05, 3.63) is 18.6 Å². The summed E-state index contributed by atoms with van der Waals surface area (Å²) >= 11 is 11.7. The lowest BCUT2D eigenvalue weighted by atomic mass is 10.4. The van der Waals surface area contributed by atoms with Gasteiger partial charge in [0.25, 0.3) is 0 Å². The van der Waals surface area contributed by atoms with Crippen LogP contribution in [0.3, 0.4) is 0 Å². The molecule has 2 rings (SSSR count). The fraction of sp³-hybridized carbons (Fsp3) is 0.500. The number of hydrogen-bond donors (Lipinski definition) is 1. The molecule has 1 aliphatic rings. The van der Waals surface area contributed by atoms with Gasteiger partial charge >= 0.3 is 0 Å². The summed E-state index contributed by atoms with van der Waals surface area (Å²) < 4.78 is -0.519. The summed E-state index contributed by atoms with van der Waals surface area (Å²) in [5.74, 6) is 1.09. The molecule has 1 aromatic rings. The van der Waals surface area contributed by atoms with Gasteiger partial charge in [-0.3, -0.25) is 4.98 Å². The monoisotopic (exact) mass is 217 g/mol. The summed E-state index contributed by atoms with van der Waals surface area (Å²) in [5, 5.41) is 3.12. The van der Waals surface area contributed by atoms with Crippen molar-refractivity contribution in [2.45, 2.75) is 10.8 Å². The van der Waals surface area contributed by atoms with Crippen LogP contribution in [0.1, 0.15) is 6.42 Å². The van der Waals surface area contributed by atoms with Gasteiger partial charge in [0, 0.05) is 24.9 Å². The van der Waals surface area contributed by atoms with Crippen molar-refractivity contribution < 1.29 is 0 Å². The van der Waals surface area contributed by atoms with E-state index in [-0.39, 0.29) is 0 Å². The predicted molar refractivity (Wildman–Crippen MR) is 53.1 cm³/mol. The first-order valence-corrected chi connectivity index (χ1v) is 4.82. The van der Waals surface area contributed by atoms with Crippen molar-refractivity contribution in [3.8, 4) is 0 Å². The van der Waals surface area contributed by atoms with Gasteiger partial charge < -0.3 is 5.32 Å². The highest BCUT2D eigenvalue weighted by molar-refractivity contribution is 6.50. The summed E-state index contributed by atoms with van der Waals surface area (Å²) in [7, 11) is 0. The van der Waals surface area contributed by atoms with Crippen LogP contribution >= 0.6 is 23.2 Å². The van der Waals surface area contributed by atoms with E-state index >= 15 is 0 Å². The van der Waals surface area contributed by atoms with Crippen molar-refractivity contribution >= 4 is 29.0 Å². The molecule has 1 heterocycles. The van der Waals surface area contributed by atoms with Gasteiger partial charge in [0.1, 0.15) is 10.2 Å². The molecule has 0 aliphatic heterocycles. The summed E-state index contributed by atoms with van der Waals surface area (Å²) in [5.41, 5.74) is 0. The van der Waals surface area contributed by atoms with Crippen molar-refractivity contribution in [2.24, 2.45) is 5.92 Å². The first kappa shape index (κ1) is 9.03. The highest BCUT2D eigenvalue weighted by atomic mass is 35.5. The van der Waals surface area contributed by atoms with Crippen molar-refractivity contribution in [3.63, 3.8) is 0 Å². The predicted octanol–water partition coefficient (Wildman–Crippen LogP) is 2.08. The van der Waals surface area contributed by atoms with E-state index in [0.29, 0.717) is 5.92 Å². The SMILES string of the molecule is ClC1(Cl)CC1CNc1cnccn1. The van der Waals surface area contributed by atoms with Gasteiger partial charge in [0.15, 0.2) is 0 Å². The van der Waals surface area contributed by atoms with E-state index in [4.69, 9.17) is 23.2 Å². The number of alkyl halides is 2. The Hall–Kier alpha value is -0.540. The van der Waals surface area contributed by atoms with E-state index in [2.05, 4.69) is 15.3 Å². The van der Waals surface area contributed by atoms with E-state index in [1.807, 2.05) is 0 Å². The van der Waals surface area contributed by atoms with Crippen LogP contribution in [0.15, 0.2) is 18.6 Å². The molecule has 1 saturated carbocycles. The molecule has 0 spiro atoms. The number of hydrogen-bond acceptors (Lipinski definition) is 3. The molecule has 70 valence electrons. The largest absolute Gasteiger partial charge is 0.368 e. The van der Waals surface area contributed by atoms with Crippen LogP contribution in [0.25, 0.3) is 0 Å². The van der Waals surface area contributed by atoms with Gasteiger partial charge in [0.2, 0.25) is 0 Å². The van der Waals surface area contributed by atoms with Crippen molar-refractivity contribution in [1.82, 2.24) is 9.97 Å². The zero-order valence-electron chi connectivity index (χ0n) is 6.87. The molecule has 3 nitrogen and oxygen atoms in total. The normalized spacial score (nSPS) is 24.0. The fourth-order valence-electron chi connectivity index (χ4n) is 1.11. The summed E-state index contributed by atoms with van der Waals surface area (Å²) in [6.07, 6.45) is 5.80. The Morgan fingerprint density at radius 3 is 2.85 bits per heavy atom. The summed E-state index contributed by atoms with van der Waals surface area (Å²) in [6, 6.07) is 0. The molecule has 0 radical (unpaired) electrons. The fourth-order valence-corrected chi connectivity index (χ4v) is 1.64. The Kier molecular flexibility index (Phi) is 2.30. The van der Waals surface area contributed by atoms with Crippen molar-refractivity contribution in [2.75, 3.05) is 11.9 Å². The number of rotatable bonds is 3. The number of halogens is 2. The van der Waals surface area contributed by atoms with E-state index in [1.54, 1.807) is 18.6 Å². The number of aromatic nitrogens is 2. The maximum absolute atomic E-state index is 5.86.